The van der Waals surface area contributed by atoms with Gasteiger partial charge in [-0.2, -0.15) is 0 Å². The molecule has 1 aromatic carbocycles. The van der Waals surface area contributed by atoms with E-state index in [1.807, 2.05) is 38.1 Å². The molecule has 1 aromatic heterocycles. The number of aryl methyl sites for hydroxylation is 1. The van der Waals surface area contributed by atoms with Gasteiger partial charge in [0.15, 0.2) is 0 Å². The zero-order valence-electron chi connectivity index (χ0n) is 11.1. The highest BCUT2D eigenvalue weighted by molar-refractivity contribution is 5.94. The van der Waals surface area contributed by atoms with Crippen molar-refractivity contribution in [1.82, 2.24) is 5.32 Å². The molecule has 0 saturated heterocycles. The molecule has 2 aromatic rings. The second kappa shape index (κ2) is 5.71. The molecule has 0 aliphatic carbocycles. The molecule has 1 atom stereocenters. The van der Waals surface area contributed by atoms with Gasteiger partial charge in [0, 0.05) is 0 Å². The molecule has 0 saturated carbocycles. The Hall–Kier alpha value is -2.07. The first-order valence-electron chi connectivity index (χ1n) is 6.25. The molecule has 4 heteroatoms. The average Bonchev–Trinajstić information content (AvgIpc) is 2.88. The molecule has 2 rings (SSSR count). The number of benzene rings is 1. The van der Waals surface area contributed by atoms with Crippen LogP contribution in [0.25, 0.3) is 0 Å². The predicted octanol–water partition coefficient (Wildman–Crippen LogP) is 2.54. The number of furan rings is 1. The van der Waals surface area contributed by atoms with E-state index in [0.717, 1.165) is 11.1 Å². The molecule has 0 fully saturated rings. The predicted molar refractivity (Wildman–Crippen MR) is 73.7 cm³/mol. The highest BCUT2D eigenvalue weighted by atomic mass is 16.3. The van der Waals surface area contributed by atoms with Crippen molar-refractivity contribution < 1.29 is 9.21 Å². The molecule has 0 spiro atoms. The number of carbonyl (C=O) groups excluding carboxylic acids is 1. The third-order valence-corrected chi connectivity index (χ3v) is 3.12. The first kappa shape index (κ1) is 13.4. The molecule has 0 bridgehead atoms. The molecule has 0 aliphatic rings. The van der Waals surface area contributed by atoms with Gasteiger partial charge in [0.25, 0.3) is 5.91 Å². The van der Waals surface area contributed by atoms with Crippen molar-refractivity contribution in [2.45, 2.75) is 26.4 Å². The van der Waals surface area contributed by atoms with Crippen LogP contribution in [-0.4, -0.2) is 5.91 Å². The molecule has 3 N–H and O–H groups in total. The van der Waals surface area contributed by atoms with Gasteiger partial charge in [-0.3, -0.25) is 4.79 Å². The number of amides is 1. The Kier molecular flexibility index (Phi) is 4.02. The molecule has 1 unspecified atom stereocenters. The van der Waals surface area contributed by atoms with E-state index in [4.69, 9.17) is 10.2 Å². The van der Waals surface area contributed by atoms with Crippen LogP contribution in [0.2, 0.25) is 0 Å². The zero-order valence-corrected chi connectivity index (χ0v) is 11.1. The summed E-state index contributed by atoms with van der Waals surface area (Å²) >= 11 is 0. The van der Waals surface area contributed by atoms with Crippen LogP contribution in [0, 0.1) is 6.92 Å². The second-order valence-corrected chi connectivity index (χ2v) is 4.56. The standard InChI is InChI=1S/C15H18N2O2/c1-10-5-3-4-6-14(10)11(2)17-15(18)12-7-13(8-16)19-9-12/h3-7,9,11H,8,16H2,1-2H3,(H,17,18). The van der Waals surface area contributed by atoms with Crippen LogP contribution < -0.4 is 11.1 Å². The minimum atomic E-state index is -0.154. The summed E-state index contributed by atoms with van der Waals surface area (Å²) in [5.74, 6) is 0.452. The number of hydrogen-bond donors (Lipinski definition) is 2. The van der Waals surface area contributed by atoms with Crippen LogP contribution in [-0.2, 0) is 6.54 Å². The molecule has 19 heavy (non-hydrogen) atoms. The summed E-state index contributed by atoms with van der Waals surface area (Å²) in [6.07, 6.45) is 1.43. The third kappa shape index (κ3) is 3.03. The summed E-state index contributed by atoms with van der Waals surface area (Å²) in [6.45, 7) is 4.28. The van der Waals surface area contributed by atoms with Gasteiger partial charge in [0.2, 0.25) is 0 Å². The lowest BCUT2D eigenvalue weighted by molar-refractivity contribution is 0.0939. The van der Waals surface area contributed by atoms with Crippen molar-refractivity contribution in [2.75, 3.05) is 0 Å². The molecule has 1 heterocycles. The first-order valence-corrected chi connectivity index (χ1v) is 6.25. The lowest BCUT2D eigenvalue weighted by Gasteiger charge is -2.15. The number of rotatable bonds is 4. The van der Waals surface area contributed by atoms with E-state index in [1.165, 1.54) is 6.26 Å². The van der Waals surface area contributed by atoms with Crippen LogP contribution >= 0.6 is 0 Å². The summed E-state index contributed by atoms with van der Waals surface area (Å²) in [5.41, 5.74) is 8.22. The van der Waals surface area contributed by atoms with Crippen LogP contribution in [0.3, 0.4) is 0 Å². The summed E-state index contributed by atoms with van der Waals surface area (Å²) in [4.78, 5) is 12.1. The third-order valence-electron chi connectivity index (χ3n) is 3.12. The topological polar surface area (TPSA) is 68.3 Å². The monoisotopic (exact) mass is 258 g/mol. The lowest BCUT2D eigenvalue weighted by atomic mass is 10.0. The van der Waals surface area contributed by atoms with Gasteiger partial charge in [0.05, 0.1) is 18.2 Å². The zero-order chi connectivity index (χ0) is 13.8. The van der Waals surface area contributed by atoms with Crippen molar-refractivity contribution in [3.05, 3.63) is 59.0 Å². The Morgan fingerprint density at radius 3 is 2.79 bits per heavy atom. The van der Waals surface area contributed by atoms with Crippen LogP contribution in [0.1, 0.15) is 40.2 Å². The van der Waals surface area contributed by atoms with E-state index in [2.05, 4.69) is 5.32 Å². The molecule has 1 amide bonds. The summed E-state index contributed by atoms with van der Waals surface area (Å²) in [5, 5.41) is 2.95. The molecule has 0 aliphatic heterocycles. The number of carbonyl (C=O) groups is 1. The SMILES string of the molecule is Cc1ccccc1C(C)NC(=O)c1coc(CN)c1. The lowest BCUT2D eigenvalue weighted by Crippen LogP contribution is -2.26. The summed E-state index contributed by atoms with van der Waals surface area (Å²) < 4.78 is 5.16. The maximum Gasteiger partial charge on any atom is 0.255 e. The van der Waals surface area contributed by atoms with Gasteiger partial charge < -0.3 is 15.5 Å². The van der Waals surface area contributed by atoms with Crippen LogP contribution in [0.4, 0.5) is 0 Å². The minimum Gasteiger partial charge on any atom is -0.467 e. The number of nitrogens with two attached hydrogens (primary N) is 1. The van der Waals surface area contributed by atoms with Crippen molar-refractivity contribution in [2.24, 2.45) is 5.73 Å². The molecular formula is C15H18N2O2. The Bertz CT molecular complexity index is 575. The van der Waals surface area contributed by atoms with E-state index in [9.17, 15) is 4.79 Å². The largest absolute Gasteiger partial charge is 0.467 e. The van der Waals surface area contributed by atoms with E-state index in [-0.39, 0.29) is 11.9 Å². The van der Waals surface area contributed by atoms with Crippen LogP contribution in [0.15, 0.2) is 41.0 Å². The van der Waals surface area contributed by atoms with Gasteiger partial charge in [-0.15, -0.1) is 0 Å². The maximum absolute atomic E-state index is 12.1. The van der Waals surface area contributed by atoms with Crippen molar-refractivity contribution in [1.29, 1.82) is 0 Å². The van der Waals surface area contributed by atoms with Crippen molar-refractivity contribution in [3.8, 4) is 0 Å². The molecule has 4 nitrogen and oxygen atoms in total. The van der Waals surface area contributed by atoms with Crippen molar-refractivity contribution >= 4 is 5.91 Å². The normalized spacial score (nSPS) is 12.2. The van der Waals surface area contributed by atoms with Gasteiger partial charge in [-0.1, -0.05) is 24.3 Å². The number of nitrogens with one attached hydrogen (secondary N) is 1. The summed E-state index contributed by atoms with van der Waals surface area (Å²) in [7, 11) is 0. The Morgan fingerprint density at radius 1 is 1.42 bits per heavy atom. The van der Waals surface area contributed by atoms with Crippen molar-refractivity contribution in [3.63, 3.8) is 0 Å². The highest BCUT2D eigenvalue weighted by Crippen LogP contribution is 2.17. The highest BCUT2D eigenvalue weighted by Gasteiger charge is 2.14. The van der Waals surface area contributed by atoms with Gasteiger partial charge in [0.1, 0.15) is 12.0 Å². The minimum absolute atomic E-state index is 0.0510. The van der Waals surface area contributed by atoms with Gasteiger partial charge >= 0.3 is 0 Å². The Balaban J connectivity index is 2.08. The smallest absolute Gasteiger partial charge is 0.255 e. The van der Waals surface area contributed by atoms with Gasteiger partial charge in [-0.25, -0.2) is 0 Å². The average molecular weight is 258 g/mol. The summed E-state index contributed by atoms with van der Waals surface area (Å²) in [6, 6.07) is 9.61. The Morgan fingerprint density at radius 2 is 2.16 bits per heavy atom. The van der Waals surface area contributed by atoms with Crippen LogP contribution in [0.5, 0.6) is 0 Å². The van der Waals surface area contributed by atoms with Gasteiger partial charge in [-0.05, 0) is 31.0 Å². The molecule has 0 radical (unpaired) electrons. The van der Waals surface area contributed by atoms with E-state index >= 15 is 0 Å². The van der Waals surface area contributed by atoms with E-state index in [0.29, 0.717) is 17.9 Å². The molecular weight excluding hydrogens is 240 g/mol. The first-order chi connectivity index (χ1) is 9.11. The fourth-order valence-corrected chi connectivity index (χ4v) is 2.04. The quantitative estimate of drug-likeness (QED) is 0.885. The molecule has 100 valence electrons. The second-order valence-electron chi connectivity index (χ2n) is 4.56. The van der Waals surface area contributed by atoms with E-state index in [1.54, 1.807) is 6.07 Å². The maximum atomic E-state index is 12.1. The fraction of sp³-hybridized carbons (Fsp3) is 0.267. The number of hydrogen-bond acceptors (Lipinski definition) is 3. The van der Waals surface area contributed by atoms with E-state index < -0.39 is 0 Å². The Labute approximate surface area is 112 Å². The fourth-order valence-electron chi connectivity index (χ4n) is 2.04.